The number of carbonyl (C=O) groups is 1. The van der Waals surface area contributed by atoms with Crippen molar-refractivity contribution >= 4 is 17.6 Å². The molecule has 7 nitrogen and oxygen atoms in total. The van der Waals surface area contributed by atoms with Crippen LogP contribution in [-0.4, -0.2) is 29.9 Å². The Morgan fingerprint density at radius 1 is 1.40 bits per heavy atom. The summed E-state index contributed by atoms with van der Waals surface area (Å²) in [6, 6.07) is 6.80. The Labute approximate surface area is 171 Å². The lowest BCUT2D eigenvalue weighted by molar-refractivity contribution is 0.0746. The lowest BCUT2D eigenvalue weighted by atomic mass is 9.94. The third kappa shape index (κ3) is 5.70. The summed E-state index contributed by atoms with van der Waals surface area (Å²) in [6.45, 7) is 3.74. The predicted octanol–water partition coefficient (Wildman–Crippen LogP) is 3.48. The molecule has 1 aromatic heterocycles. The Morgan fingerprint density at radius 3 is 2.70 bits per heavy atom. The topological polar surface area (TPSA) is 113 Å². The van der Waals surface area contributed by atoms with Crippen LogP contribution < -0.4 is 11.1 Å². The molecule has 10 heteroatoms. The Balaban J connectivity index is 2.27. The molecule has 158 valence electrons. The molecule has 0 bridgehead atoms. The largest absolute Gasteiger partial charge is 0.459 e. The highest BCUT2D eigenvalue weighted by Gasteiger charge is 2.25. The van der Waals surface area contributed by atoms with E-state index in [2.05, 4.69) is 20.0 Å². The van der Waals surface area contributed by atoms with Crippen molar-refractivity contribution in [2.24, 2.45) is 10.7 Å². The average molecular weight is 419 g/mol. The predicted molar refractivity (Wildman–Crippen MR) is 105 cm³/mol. The molecule has 30 heavy (non-hydrogen) atoms. The summed E-state index contributed by atoms with van der Waals surface area (Å²) < 4.78 is 43.5. The van der Waals surface area contributed by atoms with E-state index in [0.29, 0.717) is 11.1 Å². The van der Waals surface area contributed by atoms with E-state index in [-0.39, 0.29) is 16.9 Å². The van der Waals surface area contributed by atoms with Gasteiger partial charge in [0.15, 0.2) is 6.61 Å². The van der Waals surface area contributed by atoms with Crippen LogP contribution in [0, 0.1) is 24.1 Å². The molecule has 1 amide bonds. The van der Waals surface area contributed by atoms with E-state index in [0.717, 1.165) is 6.07 Å². The Hall–Kier alpha value is -3.61. The summed E-state index contributed by atoms with van der Waals surface area (Å²) in [7, 11) is 0. The molecule has 2 rings (SSSR count). The zero-order chi connectivity index (χ0) is 22.5. The highest BCUT2D eigenvalue weighted by Crippen LogP contribution is 2.30. The monoisotopic (exact) mass is 419 g/mol. The minimum Gasteiger partial charge on any atom is -0.459 e. The zero-order valence-corrected chi connectivity index (χ0v) is 16.5. The number of nitrogens with two attached hydrogens (primary N) is 1. The average Bonchev–Trinajstić information content (AvgIpc) is 2.67. The van der Waals surface area contributed by atoms with Crippen LogP contribution in [0.3, 0.4) is 0 Å². The molecule has 0 atom stereocenters. The molecule has 0 radical (unpaired) electrons. The van der Waals surface area contributed by atoms with Crippen molar-refractivity contribution in [2.45, 2.75) is 32.7 Å². The number of amides is 1. The maximum atomic E-state index is 14.4. The maximum absolute atomic E-state index is 14.4. The number of hydrogen-bond donors (Lipinski definition) is 2. The number of nitriles is 1. The lowest BCUT2D eigenvalue weighted by Gasteiger charge is -2.22. The summed E-state index contributed by atoms with van der Waals surface area (Å²) in [6.07, 6.45) is -1.45. The summed E-state index contributed by atoms with van der Waals surface area (Å²) in [5.41, 5.74) is 5.50. The molecule has 0 spiro atoms. The Kier molecular flexibility index (Phi) is 7.00. The van der Waals surface area contributed by atoms with Crippen LogP contribution in [0.4, 0.5) is 18.9 Å². The van der Waals surface area contributed by atoms with E-state index in [1.807, 2.05) is 6.07 Å². The van der Waals surface area contributed by atoms with Crippen molar-refractivity contribution in [1.82, 2.24) is 4.98 Å². The van der Waals surface area contributed by atoms with Gasteiger partial charge in [0.25, 0.3) is 18.4 Å². The van der Waals surface area contributed by atoms with Gasteiger partial charge in [0.05, 0.1) is 11.1 Å². The fourth-order valence-corrected chi connectivity index (χ4v) is 2.65. The molecular formula is C20H20F3N5O2. The number of aryl methyl sites for hydroxylation is 1. The molecule has 3 N–H and O–H groups in total. The molecule has 0 aliphatic heterocycles. The molecule has 0 aliphatic rings. The molecule has 0 fully saturated rings. The van der Waals surface area contributed by atoms with Crippen LogP contribution in [0.1, 0.15) is 41.0 Å². The highest BCUT2D eigenvalue weighted by atomic mass is 19.3. The quantitative estimate of drug-likeness (QED) is 0.550. The number of hydrogen-bond acceptors (Lipinski definition) is 5. The Bertz CT molecular complexity index is 1020. The Morgan fingerprint density at radius 2 is 2.10 bits per heavy atom. The van der Waals surface area contributed by atoms with Gasteiger partial charge in [-0.3, -0.25) is 4.79 Å². The third-order valence-corrected chi connectivity index (χ3v) is 4.05. The minimum atomic E-state index is -2.73. The SMILES string of the molecule is Cc1cc(C#N)cnc1C(=O)Nc1ccc(F)c(C(C)(C)/N=C(/N)OCC(F)F)c1. The van der Waals surface area contributed by atoms with E-state index in [9.17, 15) is 18.0 Å². The number of halogens is 3. The number of amidine groups is 1. The smallest absolute Gasteiger partial charge is 0.282 e. The van der Waals surface area contributed by atoms with Crippen molar-refractivity contribution in [3.8, 4) is 6.07 Å². The van der Waals surface area contributed by atoms with E-state index in [1.165, 1.54) is 38.2 Å². The van der Waals surface area contributed by atoms with Gasteiger partial charge < -0.3 is 15.8 Å². The lowest BCUT2D eigenvalue weighted by Crippen LogP contribution is -2.26. The van der Waals surface area contributed by atoms with Gasteiger partial charge in [-0.05, 0) is 50.6 Å². The van der Waals surface area contributed by atoms with Crippen molar-refractivity contribution < 1.29 is 22.7 Å². The van der Waals surface area contributed by atoms with E-state index in [4.69, 9.17) is 11.0 Å². The fraction of sp³-hybridized carbons (Fsp3) is 0.300. The number of benzene rings is 1. The van der Waals surface area contributed by atoms with Gasteiger partial charge in [-0.2, -0.15) is 5.26 Å². The zero-order valence-electron chi connectivity index (χ0n) is 16.5. The second kappa shape index (κ2) is 9.26. The highest BCUT2D eigenvalue weighted by molar-refractivity contribution is 6.03. The number of pyridine rings is 1. The first kappa shape index (κ1) is 22.7. The minimum absolute atomic E-state index is 0.0633. The number of anilines is 1. The first-order chi connectivity index (χ1) is 14.0. The number of aliphatic imine (C=N–C) groups is 1. The van der Waals surface area contributed by atoms with Crippen LogP contribution >= 0.6 is 0 Å². The first-order valence-electron chi connectivity index (χ1n) is 8.78. The molecule has 0 saturated heterocycles. The summed E-state index contributed by atoms with van der Waals surface area (Å²) >= 11 is 0. The molecule has 1 aromatic carbocycles. The standard InChI is InChI=1S/C20H20F3N5O2/c1-11-6-12(8-24)9-26-17(11)18(29)27-13-4-5-15(21)14(7-13)20(2,3)28-19(25)30-10-16(22)23/h4-7,9,16H,10H2,1-3H3,(H2,25,28)(H,27,29). The summed E-state index contributed by atoms with van der Waals surface area (Å²) in [4.78, 5) is 20.5. The van der Waals surface area contributed by atoms with Gasteiger partial charge >= 0.3 is 0 Å². The molecule has 0 aliphatic carbocycles. The number of ether oxygens (including phenoxy) is 1. The van der Waals surface area contributed by atoms with Crippen molar-refractivity contribution in [3.05, 3.63) is 58.7 Å². The van der Waals surface area contributed by atoms with E-state index in [1.54, 1.807) is 6.92 Å². The molecule has 2 aromatic rings. The van der Waals surface area contributed by atoms with E-state index >= 15 is 0 Å². The molecule has 1 heterocycles. The fourth-order valence-electron chi connectivity index (χ4n) is 2.65. The van der Waals surface area contributed by atoms with Crippen LogP contribution in [0.15, 0.2) is 35.5 Å². The maximum Gasteiger partial charge on any atom is 0.282 e. The number of nitrogens with one attached hydrogen (secondary N) is 1. The van der Waals surface area contributed by atoms with Gasteiger partial charge in [-0.15, -0.1) is 0 Å². The van der Waals surface area contributed by atoms with E-state index < -0.39 is 36.3 Å². The molecule has 0 unspecified atom stereocenters. The summed E-state index contributed by atoms with van der Waals surface area (Å²) in [5.74, 6) is -1.17. The summed E-state index contributed by atoms with van der Waals surface area (Å²) in [5, 5.41) is 11.5. The third-order valence-electron chi connectivity index (χ3n) is 4.05. The normalized spacial score (nSPS) is 11.9. The van der Waals surface area contributed by atoms with Crippen LogP contribution in [-0.2, 0) is 10.3 Å². The number of alkyl halides is 2. The van der Waals surface area contributed by atoms with Crippen molar-refractivity contribution in [1.29, 1.82) is 5.26 Å². The number of rotatable bonds is 6. The molecule has 0 saturated carbocycles. The van der Waals surface area contributed by atoms with Crippen molar-refractivity contribution in [2.75, 3.05) is 11.9 Å². The van der Waals surface area contributed by atoms with Gasteiger partial charge in [-0.1, -0.05) is 0 Å². The van der Waals surface area contributed by atoms with Gasteiger partial charge in [0, 0.05) is 17.4 Å². The first-order valence-corrected chi connectivity index (χ1v) is 8.78. The van der Waals surface area contributed by atoms with Crippen molar-refractivity contribution in [3.63, 3.8) is 0 Å². The number of carbonyl (C=O) groups excluding carboxylic acids is 1. The van der Waals surface area contributed by atoms with Crippen LogP contribution in [0.5, 0.6) is 0 Å². The molecular weight excluding hydrogens is 399 g/mol. The van der Waals surface area contributed by atoms with Gasteiger partial charge in [0.1, 0.15) is 17.6 Å². The second-order valence-electron chi connectivity index (χ2n) is 6.86. The van der Waals surface area contributed by atoms with Gasteiger partial charge in [0.2, 0.25) is 0 Å². The van der Waals surface area contributed by atoms with Gasteiger partial charge in [-0.25, -0.2) is 23.1 Å². The van der Waals surface area contributed by atoms with Crippen LogP contribution in [0.2, 0.25) is 0 Å². The van der Waals surface area contributed by atoms with Crippen LogP contribution in [0.25, 0.3) is 0 Å². The number of aromatic nitrogens is 1. The number of nitrogens with zero attached hydrogens (tertiary/aromatic N) is 3. The second-order valence-corrected chi connectivity index (χ2v) is 6.86.